The number of nitrogens with zero attached hydrogens (tertiary/aromatic N) is 1. The molecule has 0 aliphatic heterocycles. The molecule has 18 heavy (non-hydrogen) atoms. The number of nitrogen functional groups attached to an aromatic ring is 1. The first-order chi connectivity index (χ1) is 8.81. The third kappa shape index (κ3) is 2.33. The van der Waals surface area contributed by atoms with Crippen LogP contribution in [-0.2, 0) is 5.75 Å². The standard InChI is InChI=1S/C14H13N3S/c15-13-7-3-5-11(16-13)9-18-14-8-10-4-1-2-6-12(10)17-14/h1-8,17H,9H2,(H2,15,16). The second-order valence-corrected chi connectivity index (χ2v) is 5.08. The highest BCUT2D eigenvalue weighted by Crippen LogP contribution is 2.25. The Hall–Kier alpha value is -1.94. The molecule has 0 aliphatic carbocycles. The van der Waals surface area contributed by atoms with Crippen LogP contribution in [0.1, 0.15) is 5.69 Å². The minimum Gasteiger partial charge on any atom is -0.384 e. The quantitative estimate of drug-likeness (QED) is 0.705. The predicted molar refractivity (Wildman–Crippen MR) is 76.5 cm³/mol. The number of nitrogens with two attached hydrogens (primary N) is 1. The lowest BCUT2D eigenvalue weighted by Gasteiger charge is -2.00. The normalized spacial score (nSPS) is 10.9. The molecule has 0 atom stereocenters. The van der Waals surface area contributed by atoms with Crippen LogP contribution in [-0.4, -0.2) is 9.97 Å². The fourth-order valence-electron chi connectivity index (χ4n) is 1.85. The van der Waals surface area contributed by atoms with E-state index in [9.17, 15) is 0 Å². The maximum Gasteiger partial charge on any atom is 0.123 e. The Morgan fingerprint density at radius 3 is 2.83 bits per heavy atom. The molecule has 2 aromatic heterocycles. The van der Waals surface area contributed by atoms with Gasteiger partial charge in [0.05, 0.1) is 10.7 Å². The Balaban J connectivity index is 1.76. The van der Waals surface area contributed by atoms with Crippen LogP contribution in [0.15, 0.2) is 53.6 Å². The number of benzene rings is 1. The zero-order chi connectivity index (χ0) is 12.4. The third-order valence-corrected chi connectivity index (χ3v) is 3.68. The molecular weight excluding hydrogens is 242 g/mol. The highest BCUT2D eigenvalue weighted by molar-refractivity contribution is 7.98. The topological polar surface area (TPSA) is 54.7 Å². The fraction of sp³-hybridized carbons (Fsp3) is 0.0714. The van der Waals surface area contributed by atoms with Crippen LogP contribution in [0.3, 0.4) is 0 Å². The number of para-hydroxylation sites is 1. The molecule has 1 aromatic carbocycles. The van der Waals surface area contributed by atoms with Crippen LogP contribution in [0, 0.1) is 0 Å². The van der Waals surface area contributed by atoms with Crippen molar-refractivity contribution in [1.29, 1.82) is 0 Å². The molecule has 0 unspecified atom stereocenters. The highest BCUT2D eigenvalue weighted by atomic mass is 32.2. The molecule has 0 saturated carbocycles. The van der Waals surface area contributed by atoms with Crippen LogP contribution in [0.4, 0.5) is 5.82 Å². The Kier molecular flexibility index (Phi) is 2.94. The van der Waals surface area contributed by atoms with Crippen molar-refractivity contribution in [1.82, 2.24) is 9.97 Å². The highest BCUT2D eigenvalue weighted by Gasteiger charge is 2.02. The Labute approximate surface area is 109 Å². The van der Waals surface area contributed by atoms with E-state index in [0.717, 1.165) is 16.5 Å². The number of fused-ring (bicyclic) bond motifs is 1. The summed E-state index contributed by atoms with van der Waals surface area (Å²) < 4.78 is 0. The van der Waals surface area contributed by atoms with Crippen LogP contribution in [0.5, 0.6) is 0 Å². The summed E-state index contributed by atoms with van der Waals surface area (Å²) in [6, 6.07) is 16.2. The third-order valence-electron chi connectivity index (χ3n) is 2.71. The lowest BCUT2D eigenvalue weighted by Crippen LogP contribution is -1.93. The number of hydrogen-bond acceptors (Lipinski definition) is 3. The first-order valence-corrected chi connectivity index (χ1v) is 6.72. The predicted octanol–water partition coefficient (Wildman–Crippen LogP) is 3.44. The van der Waals surface area contributed by atoms with Gasteiger partial charge in [0.25, 0.3) is 0 Å². The van der Waals surface area contributed by atoms with Gasteiger partial charge < -0.3 is 10.7 Å². The zero-order valence-electron chi connectivity index (χ0n) is 9.76. The first kappa shape index (κ1) is 11.2. The van der Waals surface area contributed by atoms with E-state index in [1.807, 2.05) is 24.3 Å². The number of aromatic nitrogens is 2. The SMILES string of the molecule is Nc1cccc(CSc2cc3ccccc3[nH]2)n1. The maximum atomic E-state index is 5.66. The van der Waals surface area contributed by atoms with Gasteiger partial charge in [-0.1, -0.05) is 24.3 Å². The van der Waals surface area contributed by atoms with Crippen molar-refractivity contribution < 1.29 is 0 Å². The second-order valence-electron chi connectivity index (χ2n) is 4.06. The monoisotopic (exact) mass is 255 g/mol. The number of nitrogens with one attached hydrogen (secondary N) is 1. The lowest BCUT2D eigenvalue weighted by molar-refractivity contribution is 1.17. The van der Waals surface area contributed by atoms with Crippen LogP contribution in [0.2, 0.25) is 0 Å². The molecule has 0 fully saturated rings. The number of rotatable bonds is 3. The van der Waals surface area contributed by atoms with Gasteiger partial charge in [-0.15, -0.1) is 11.8 Å². The Bertz CT molecular complexity index is 642. The number of H-pyrrole nitrogens is 1. The molecular formula is C14H13N3S. The van der Waals surface area contributed by atoms with Crippen molar-refractivity contribution in [3.63, 3.8) is 0 Å². The van der Waals surface area contributed by atoms with E-state index in [4.69, 9.17) is 5.73 Å². The molecule has 3 rings (SSSR count). The van der Waals surface area contributed by atoms with E-state index >= 15 is 0 Å². The summed E-state index contributed by atoms with van der Waals surface area (Å²) in [6.45, 7) is 0. The van der Waals surface area contributed by atoms with Crippen molar-refractivity contribution in [2.45, 2.75) is 10.8 Å². The van der Waals surface area contributed by atoms with Crippen LogP contribution < -0.4 is 5.73 Å². The molecule has 0 spiro atoms. The molecule has 0 radical (unpaired) electrons. The van der Waals surface area contributed by atoms with E-state index < -0.39 is 0 Å². The van der Waals surface area contributed by atoms with Gasteiger partial charge in [0.2, 0.25) is 0 Å². The van der Waals surface area contributed by atoms with Crippen molar-refractivity contribution in [3.05, 3.63) is 54.2 Å². The summed E-state index contributed by atoms with van der Waals surface area (Å²) in [7, 11) is 0. The maximum absolute atomic E-state index is 5.66. The van der Waals surface area contributed by atoms with Gasteiger partial charge in [-0.05, 0) is 24.3 Å². The summed E-state index contributed by atoms with van der Waals surface area (Å²) in [4.78, 5) is 7.67. The van der Waals surface area contributed by atoms with Crippen molar-refractivity contribution >= 4 is 28.5 Å². The van der Waals surface area contributed by atoms with Gasteiger partial charge in [-0.2, -0.15) is 0 Å². The number of thioether (sulfide) groups is 1. The summed E-state index contributed by atoms with van der Waals surface area (Å²) in [5, 5.41) is 2.39. The molecule has 0 saturated heterocycles. The van der Waals surface area contributed by atoms with Gasteiger partial charge >= 0.3 is 0 Å². The fourth-order valence-corrected chi connectivity index (χ4v) is 2.71. The van der Waals surface area contributed by atoms with Gasteiger partial charge in [0.15, 0.2) is 0 Å². The Morgan fingerprint density at radius 1 is 1.11 bits per heavy atom. The molecule has 0 bridgehead atoms. The van der Waals surface area contributed by atoms with E-state index in [1.165, 1.54) is 10.9 Å². The zero-order valence-corrected chi connectivity index (χ0v) is 10.6. The average molecular weight is 255 g/mol. The van der Waals surface area contributed by atoms with Crippen LogP contribution in [0.25, 0.3) is 10.9 Å². The summed E-state index contributed by atoms with van der Waals surface area (Å²) in [5.41, 5.74) is 7.83. The van der Waals surface area contributed by atoms with E-state index in [-0.39, 0.29) is 0 Å². The Morgan fingerprint density at radius 2 is 2.00 bits per heavy atom. The largest absolute Gasteiger partial charge is 0.384 e. The molecule has 2 heterocycles. The van der Waals surface area contributed by atoms with Gasteiger partial charge in [0.1, 0.15) is 5.82 Å². The minimum absolute atomic E-state index is 0.574. The number of hydrogen-bond donors (Lipinski definition) is 2. The van der Waals surface area contributed by atoms with Gasteiger partial charge in [-0.25, -0.2) is 4.98 Å². The van der Waals surface area contributed by atoms with E-state index in [1.54, 1.807) is 17.8 Å². The van der Waals surface area contributed by atoms with Crippen LogP contribution >= 0.6 is 11.8 Å². The molecule has 3 aromatic rings. The van der Waals surface area contributed by atoms with Crippen molar-refractivity contribution in [3.8, 4) is 0 Å². The molecule has 0 amide bonds. The number of anilines is 1. The smallest absolute Gasteiger partial charge is 0.123 e. The van der Waals surface area contributed by atoms with Gasteiger partial charge in [-0.3, -0.25) is 0 Å². The van der Waals surface area contributed by atoms with Crippen molar-refractivity contribution in [2.24, 2.45) is 0 Å². The molecule has 4 heteroatoms. The first-order valence-electron chi connectivity index (χ1n) is 5.73. The molecule has 3 N–H and O–H groups in total. The average Bonchev–Trinajstić information content (AvgIpc) is 2.79. The molecule has 3 nitrogen and oxygen atoms in total. The number of pyridine rings is 1. The van der Waals surface area contributed by atoms with E-state index in [0.29, 0.717) is 5.82 Å². The second kappa shape index (κ2) is 4.74. The lowest BCUT2D eigenvalue weighted by atomic mass is 10.3. The summed E-state index contributed by atoms with van der Waals surface area (Å²) >= 11 is 1.73. The minimum atomic E-state index is 0.574. The summed E-state index contributed by atoms with van der Waals surface area (Å²) in [5.74, 6) is 1.39. The number of aromatic amines is 1. The molecule has 90 valence electrons. The van der Waals surface area contributed by atoms with Gasteiger partial charge in [0, 0.05) is 16.7 Å². The molecule has 0 aliphatic rings. The summed E-state index contributed by atoms with van der Waals surface area (Å²) in [6.07, 6.45) is 0. The van der Waals surface area contributed by atoms with Crippen molar-refractivity contribution in [2.75, 3.05) is 5.73 Å². The van der Waals surface area contributed by atoms with E-state index in [2.05, 4.69) is 28.2 Å².